The van der Waals surface area contributed by atoms with Gasteiger partial charge in [-0.05, 0) is 69.1 Å². The summed E-state index contributed by atoms with van der Waals surface area (Å²) in [6.07, 6.45) is 4.89. The largest absolute Gasteiger partial charge is 0.378 e. The number of carbonyl (C=O) groups excluding carboxylic acids is 1. The number of benzene rings is 2. The first-order valence-electron chi connectivity index (χ1n) is 13.0. The Hall–Kier alpha value is -3.27. The van der Waals surface area contributed by atoms with Crippen molar-refractivity contribution in [2.24, 2.45) is 0 Å². The summed E-state index contributed by atoms with van der Waals surface area (Å²) in [5.41, 5.74) is 2.81. The molecule has 2 saturated heterocycles. The standard InChI is InChI=1S/C28H32ClFN6O2/c1-35-13-15-36(16-14-35)20-9-7-19(8-10-20)32-28-31-18-22(25(33-28)12-11-21-4-3-17-38-21)27(37)34-26-23(29)5-2-6-24(26)30/h2,5-10,18,21H,3-4,11-17H2,1H3,(H,34,37)(H,31,32,33). The van der Waals surface area contributed by atoms with E-state index >= 15 is 0 Å². The number of para-hydroxylation sites is 1. The summed E-state index contributed by atoms with van der Waals surface area (Å²) in [5.74, 6) is -0.728. The summed E-state index contributed by atoms with van der Waals surface area (Å²) in [5, 5.41) is 5.96. The van der Waals surface area contributed by atoms with Crippen molar-refractivity contribution in [3.63, 3.8) is 0 Å². The van der Waals surface area contributed by atoms with E-state index in [0.717, 1.165) is 57.7 Å². The zero-order valence-corrected chi connectivity index (χ0v) is 22.2. The molecule has 2 aliphatic heterocycles. The lowest BCUT2D eigenvalue weighted by Crippen LogP contribution is -2.44. The van der Waals surface area contributed by atoms with E-state index in [1.807, 2.05) is 12.1 Å². The molecule has 1 aromatic heterocycles. The number of carbonyl (C=O) groups is 1. The Labute approximate surface area is 227 Å². The zero-order chi connectivity index (χ0) is 26.5. The minimum atomic E-state index is -0.606. The molecular formula is C28H32ClFN6O2. The fourth-order valence-electron chi connectivity index (χ4n) is 4.77. The van der Waals surface area contributed by atoms with Crippen molar-refractivity contribution in [2.75, 3.05) is 55.4 Å². The van der Waals surface area contributed by atoms with Gasteiger partial charge in [0, 0.05) is 50.4 Å². The van der Waals surface area contributed by atoms with Gasteiger partial charge in [-0.2, -0.15) is 0 Å². The highest BCUT2D eigenvalue weighted by atomic mass is 35.5. The molecule has 1 amide bonds. The van der Waals surface area contributed by atoms with Gasteiger partial charge in [0.05, 0.1) is 28.1 Å². The monoisotopic (exact) mass is 538 g/mol. The molecule has 3 aromatic rings. The molecule has 1 atom stereocenters. The molecule has 5 rings (SSSR count). The molecule has 3 heterocycles. The number of amides is 1. The van der Waals surface area contributed by atoms with Crippen molar-refractivity contribution in [1.82, 2.24) is 14.9 Å². The number of anilines is 4. The minimum absolute atomic E-state index is 0.0631. The average molecular weight is 539 g/mol. The van der Waals surface area contributed by atoms with E-state index in [9.17, 15) is 9.18 Å². The van der Waals surface area contributed by atoms with E-state index < -0.39 is 11.7 Å². The molecule has 0 radical (unpaired) electrons. The molecule has 8 nitrogen and oxygen atoms in total. The normalized spacial score (nSPS) is 18.0. The summed E-state index contributed by atoms with van der Waals surface area (Å²) in [7, 11) is 2.14. The first kappa shape index (κ1) is 26.3. The Morgan fingerprint density at radius 1 is 1.16 bits per heavy atom. The molecule has 10 heteroatoms. The maximum atomic E-state index is 14.3. The number of ether oxygens (including phenoxy) is 1. The van der Waals surface area contributed by atoms with Crippen LogP contribution in [0.5, 0.6) is 0 Å². The summed E-state index contributed by atoms with van der Waals surface area (Å²) < 4.78 is 20.1. The van der Waals surface area contributed by atoms with Crippen LogP contribution in [0, 0.1) is 5.82 Å². The number of nitrogens with zero attached hydrogens (tertiary/aromatic N) is 4. The molecule has 2 aliphatic rings. The third kappa shape index (κ3) is 6.40. The smallest absolute Gasteiger partial charge is 0.259 e. The van der Waals surface area contributed by atoms with E-state index in [-0.39, 0.29) is 22.4 Å². The lowest BCUT2D eigenvalue weighted by molar-refractivity contribution is 0.101. The number of aryl methyl sites for hydroxylation is 1. The number of likely N-dealkylation sites (N-methyl/N-ethyl adjacent to an activating group) is 1. The zero-order valence-electron chi connectivity index (χ0n) is 21.4. The van der Waals surface area contributed by atoms with E-state index in [1.54, 1.807) is 0 Å². The van der Waals surface area contributed by atoms with Crippen LogP contribution in [-0.4, -0.2) is 66.7 Å². The van der Waals surface area contributed by atoms with Gasteiger partial charge in [0.25, 0.3) is 5.91 Å². The molecule has 2 N–H and O–H groups in total. The summed E-state index contributed by atoms with van der Waals surface area (Å²) in [4.78, 5) is 26.9. The van der Waals surface area contributed by atoms with E-state index in [1.165, 1.54) is 30.1 Å². The minimum Gasteiger partial charge on any atom is -0.378 e. The summed E-state index contributed by atoms with van der Waals surface area (Å²) >= 11 is 6.11. The number of halogens is 2. The van der Waals surface area contributed by atoms with Gasteiger partial charge >= 0.3 is 0 Å². The Kier molecular flexibility index (Phi) is 8.36. The maximum Gasteiger partial charge on any atom is 0.259 e. The molecule has 200 valence electrons. The summed E-state index contributed by atoms with van der Waals surface area (Å²) in [6.45, 7) is 4.85. The van der Waals surface area contributed by atoms with Gasteiger partial charge in [0.2, 0.25) is 5.95 Å². The molecule has 0 spiro atoms. The maximum absolute atomic E-state index is 14.3. The van der Waals surface area contributed by atoms with Crippen molar-refractivity contribution < 1.29 is 13.9 Å². The number of aromatic nitrogens is 2. The second-order valence-electron chi connectivity index (χ2n) is 9.74. The Balaban J connectivity index is 1.33. The summed E-state index contributed by atoms with van der Waals surface area (Å²) in [6, 6.07) is 12.4. The van der Waals surface area contributed by atoms with Crippen molar-refractivity contribution in [2.45, 2.75) is 31.8 Å². The van der Waals surface area contributed by atoms with Crippen LogP contribution in [0.15, 0.2) is 48.7 Å². The van der Waals surface area contributed by atoms with Crippen LogP contribution < -0.4 is 15.5 Å². The molecule has 0 bridgehead atoms. The lowest BCUT2D eigenvalue weighted by Gasteiger charge is -2.34. The Morgan fingerprint density at radius 2 is 1.95 bits per heavy atom. The number of hydrogen-bond acceptors (Lipinski definition) is 7. The third-order valence-electron chi connectivity index (χ3n) is 7.03. The van der Waals surface area contributed by atoms with E-state index in [4.69, 9.17) is 16.3 Å². The first-order valence-corrected chi connectivity index (χ1v) is 13.4. The molecular weight excluding hydrogens is 507 g/mol. The van der Waals surface area contributed by atoms with Crippen LogP contribution >= 0.6 is 11.6 Å². The molecule has 1 unspecified atom stereocenters. The van der Waals surface area contributed by atoms with Crippen LogP contribution in [0.1, 0.15) is 35.3 Å². The second-order valence-corrected chi connectivity index (χ2v) is 10.1. The van der Waals surface area contributed by atoms with Gasteiger partial charge in [-0.3, -0.25) is 4.79 Å². The van der Waals surface area contributed by atoms with Crippen LogP contribution in [0.3, 0.4) is 0 Å². The highest BCUT2D eigenvalue weighted by Gasteiger charge is 2.21. The molecule has 38 heavy (non-hydrogen) atoms. The number of rotatable bonds is 8. The Bertz CT molecular complexity index is 1240. The van der Waals surface area contributed by atoms with E-state index in [0.29, 0.717) is 18.1 Å². The van der Waals surface area contributed by atoms with Gasteiger partial charge in [0.1, 0.15) is 5.82 Å². The van der Waals surface area contributed by atoms with Crippen molar-refractivity contribution in [3.8, 4) is 0 Å². The molecule has 2 aromatic carbocycles. The van der Waals surface area contributed by atoms with Gasteiger partial charge in [0.15, 0.2) is 0 Å². The fourth-order valence-corrected chi connectivity index (χ4v) is 4.99. The van der Waals surface area contributed by atoms with Crippen LogP contribution in [0.4, 0.5) is 27.4 Å². The van der Waals surface area contributed by atoms with Gasteiger partial charge in [-0.1, -0.05) is 17.7 Å². The molecule has 2 fully saturated rings. The predicted molar refractivity (Wildman–Crippen MR) is 148 cm³/mol. The van der Waals surface area contributed by atoms with Crippen LogP contribution in [0.25, 0.3) is 0 Å². The highest BCUT2D eigenvalue weighted by Crippen LogP contribution is 2.27. The third-order valence-corrected chi connectivity index (χ3v) is 7.35. The first-order chi connectivity index (χ1) is 18.5. The number of nitrogens with one attached hydrogen (secondary N) is 2. The predicted octanol–water partition coefficient (Wildman–Crippen LogP) is 5.13. The van der Waals surface area contributed by atoms with Crippen molar-refractivity contribution in [3.05, 3.63) is 70.8 Å². The average Bonchev–Trinajstić information content (AvgIpc) is 3.44. The van der Waals surface area contributed by atoms with Crippen molar-refractivity contribution >= 4 is 40.5 Å². The Morgan fingerprint density at radius 3 is 2.66 bits per heavy atom. The highest BCUT2D eigenvalue weighted by molar-refractivity contribution is 6.34. The SMILES string of the molecule is CN1CCN(c2ccc(Nc3ncc(C(=O)Nc4c(F)cccc4Cl)c(CCC4CCCO4)n3)cc2)CC1. The van der Waals surface area contributed by atoms with Crippen molar-refractivity contribution in [1.29, 1.82) is 0 Å². The lowest BCUT2D eigenvalue weighted by atomic mass is 10.1. The number of hydrogen-bond donors (Lipinski definition) is 2. The quantitative estimate of drug-likeness (QED) is 0.411. The van der Waals surface area contributed by atoms with Gasteiger partial charge in [-0.25, -0.2) is 14.4 Å². The van der Waals surface area contributed by atoms with Gasteiger partial charge < -0.3 is 25.2 Å². The van der Waals surface area contributed by atoms with E-state index in [2.05, 4.69) is 49.6 Å². The number of piperazine rings is 1. The molecule has 0 saturated carbocycles. The second kappa shape index (κ2) is 12.1. The molecule has 0 aliphatic carbocycles. The fraction of sp³-hybridized carbons (Fsp3) is 0.393. The van der Waals surface area contributed by atoms with Crippen LogP contribution in [0.2, 0.25) is 5.02 Å². The van der Waals surface area contributed by atoms with Gasteiger partial charge in [-0.15, -0.1) is 0 Å². The van der Waals surface area contributed by atoms with Crippen LogP contribution in [-0.2, 0) is 11.2 Å². The topological polar surface area (TPSA) is 82.6 Å².